The minimum Gasteiger partial charge on any atom is -0.484 e. The van der Waals surface area contributed by atoms with Crippen molar-refractivity contribution in [2.75, 3.05) is 26.8 Å². The van der Waals surface area contributed by atoms with Crippen molar-refractivity contribution in [3.8, 4) is 5.75 Å². The van der Waals surface area contributed by atoms with Crippen molar-refractivity contribution in [3.05, 3.63) is 29.8 Å². The molecule has 0 heterocycles. The van der Waals surface area contributed by atoms with Crippen molar-refractivity contribution in [2.24, 2.45) is 5.73 Å². The molecule has 0 aliphatic carbocycles. The van der Waals surface area contributed by atoms with Gasteiger partial charge in [-0.25, -0.2) is 0 Å². The summed E-state index contributed by atoms with van der Waals surface area (Å²) in [6.07, 6.45) is 0.164. The van der Waals surface area contributed by atoms with Gasteiger partial charge in [-0.3, -0.25) is 4.79 Å². The summed E-state index contributed by atoms with van der Waals surface area (Å²) in [6.45, 7) is 4.97. The van der Waals surface area contributed by atoms with E-state index in [1.54, 1.807) is 36.2 Å². The van der Waals surface area contributed by atoms with Crippen LogP contribution in [-0.2, 0) is 9.53 Å². The van der Waals surface area contributed by atoms with Gasteiger partial charge in [-0.15, -0.1) is 0 Å². The highest BCUT2D eigenvalue weighted by Gasteiger charge is 2.09. The molecule has 0 aliphatic rings. The third-order valence-electron chi connectivity index (χ3n) is 2.80. The second-order valence-electron chi connectivity index (χ2n) is 4.91. The van der Waals surface area contributed by atoms with Crippen LogP contribution in [-0.4, -0.2) is 48.7 Å². The monoisotopic (exact) mass is 310 g/mol. The van der Waals surface area contributed by atoms with Crippen molar-refractivity contribution in [2.45, 2.75) is 20.0 Å². The number of ether oxygens (including phenoxy) is 2. The number of benzene rings is 1. The molecule has 1 rings (SSSR count). The van der Waals surface area contributed by atoms with Gasteiger partial charge in [-0.05, 0) is 38.1 Å². The number of amides is 1. The van der Waals surface area contributed by atoms with Crippen LogP contribution in [0.4, 0.5) is 0 Å². The molecule has 0 saturated heterocycles. The zero-order valence-electron chi connectivity index (χ0n) is 12.7. The van der Waals surface area contributed by atoms with E-state index in [9.17, 15) is 4.79 Å². The second-order valence-corrected chi connectivity index (χ2v) is 5.35. The molecule has 0 aromatic heterocycles. The van der Waals surface area contributed by atoms with Crippen LogP contribution in [0.3, 0.4) is 0 Å². The number of thiocarbonyl (C=S) groups is 1. The van der Waals surface area contributed by atoms with Crippen molar-refractivity contribution < 1.29 is 14.3 Å². The molecule has 0 fully saturated rings. The number of carbonyl (C=O) groups excluding carboxylic acids is 1. The molecule has 0 saturated carbocycles. The summed E-state index contributed by atoms with van der Waals surface area (Å²) in [5, 5.41) is 0. The van der Waals surface area contributed by atoms with E-state index in [0.717, 1.165) is 5.56 Å². The molecule has 0 atom stereocenters. The highest BCUT2D eigenvalue weighted by atomic mass is 32.1. The fourth-order valence-corrected chi connectivity index (χ4v) is 1.66. The fraction of sp³-hybridized carbons (Fsp3) is 0.467. The highest BCUT2D eigenvalue weighted by molar-refractivity contribution is 7.80. The zero-order chi connectivity index (χ0) is 15.8. The SMILES string of the molecule is CC(C)OCCN(C)C(=O)COc1ccc(C(N)=S)cc1. The molecular weight excluding hydrogens is 288 g/mol. The third kappa shape index (κ3) is 6.55. The lowest BCUT2D eigenvalue weighted by Gasteiger charge is -2.18. The van der Waals surface area contributed by atoms with Gasteiger partial charge in [-0.2, -0.15) is 0 Å². The molecule has 21 heavy (non-hydrogen) atoms. The average molecular weight is 310 g/mol. The first-order valence-corrected chi connectivity index (χ1v) is 7.19. The first-order chi connectivity index (χ1) is 9.90. The Balaban J connectivity index is 2.36. The number of rotatable bonds is 8. The van der Waals surface area contributed by atoms with Crippen molar-refractivity contribution in [1.82, 2.24) is 4.90 Å². The summed E-state index contributed by atoms with van der Waals surface area (Å²) in [4.78, 5) is 13.8. The normalized spacial score (nSPS) is 10.5. The van der Waals surface area contributed by atoms with E-state index in [2.05, 4.69) is 0 Å². The van der Waals surface area contributed by atoms with E-state index in [4.69, 9.17) is 27.4 Å². The molecule has 0 unspecified atom stereocenters. The molecule has 5 nitrogen and oxygen atoms in total. The largest absolute Gasteiger partial charge is 0.484 e. The molecule has 0 bridgehead atoms. The Morgan fingerprint density at radius 3 is 2.48 bits per heavy atom. The Hall–Kier alpha value is -1.66. The number of nitrogens with two attached hydrogens (primary N) is 1. The first-order valence-electron chi connectivity index (χ1n) is 6.78. The summed E-state index contributed by atoms with van der Waals surface area (Å²) in [5.74, 6) is 0.510. The van der Waals surface area contributed by atoms with Gasteiger partial charge in [0, 0.05) is 19.2 Å². The minimum atomic E-state index is -0.0965. The number of carbonyl (C=O) groups is 1. The lowest BCUT2D eigenvalue weighted by Crippen LogP contribution is -2.34. The molecule has 1 amide bonds. The molecule has 1 aromatic rings. The third-order valence-corrected chi connectivity index (χ3v) is 3.04. The lowest BCUT2D eigenvalue weighted by atomic mass is 10.2. The molecule has 6 heteroatoms. The van der Waals surface area contributed by atoms with E-state index in [1.807, 2.05) is 13.8 Å². The van der Waals surface area contributed by atoms with Crippen LogP contribution in [0, 0.1) is 0 Å². The van der Waals surface area contributed by atoms with E-state index in [-0.39, 0.29) is 18.6 Å². The van der Waals surface area contributed by atoms with Crippen LogP contribution in [0.5, 0.6) is 5.75 Å². The molecule has 0 radical (unpaired) electrons. The average Bonchev–Trinajstić information content (AvgIpc) is 2.44. The van der Waals surface area contributed by atoms with Crippen LogP contribution >= 0.6 is 12.2 Å². The van der Waals surface area contributed by atoms with Gasteiger partial charge in [0.1, 0.15) is 10.7 Å². The summed E-state index contributed by atoms with van der Waals surface area (Å²) in [7, 11) is 1.73. The van der Waals surface area contributed by atoms with Crippen LogP contribution in [0.2, 0.25) is 0 Å². The zero-order valence-corrected chi connectivity index (χ0v) is 13.5. The first kappa shape index (κ1) is 17.4. The maximum atomic E-state index is 11.9. The summed E-state index contributed by atoms with van der Waals surface area (Å²) in [5.41, 5.74) is 6.28. The smallest absolute Gasteiger partial charge is 0.260 e. The van der Waals surface area contributed by atoms with Crippen molar-refractivity contribution >= 4 is 23.1 Å². The molecule has 0 spiro atoms. The second kappa shape index (κ2) is 8.59. The number of hydrogen-bond donors (Lipinski definition) is 1. The van der Waals surface area contributed by atoms with Gasteiger partial charge < -0.3 is 20.1 Å². The molecule has 2 N–H and O–H groups in total. The van der Waals surface area contributed by atoms with Crippen molar-refractivity contribution in [3.63, 3.8) is 0 Å². The molecule has 116 valence electrons. The Bertz CT molecular complexity index is 474. The standard InChI is InChI=1S/C15H22N2O3S/c1-11(2)19-9-8-17(3)14(18)10-20-13-6-4-12(5-7-13)15(16)21/h4-7,11H,8-10H2,1-3H3,(H2,16,21). The van der Waals surface area contributed by atoms with Gasteiger partial charge >= 0.3 is 0 Å². The fourth-order valence-electron chi connectivity index (χ4n) is 1.52. The Morgan fingerprint density at radius 2 is 1.95 bits per heavy atom. The lowest BCUT2D eigenvalue weighted by molar-refractivity contribution is -0.132. The highest BCUT2D eigenvalue weighted by Crippen LogP contribution is 2.12. The minimum absolute atomic E-state index is 0.00933. The van der Waals surface area contributed by atoms with Gasteiger partial charge in [0.05, 0.1) is 12.7 Å². The maximum absolute atomic E-state index is 11.9. The summed E-state index contributed by atoms with van der Waals surface area (Å²) in [6, 6.07) is 7.01. The van der Waals surface area contributed by atoms with E-state index in [1.165, 1.54) is 0 Å². The Kier molecular flexibility index (Phi) is 7.11. The topological polar surface area (TPSA) is 64.8 Å². The quantitative estimate of drug-likeness (QED) is 0.739. The number of likely N-dealkylation sites (N-methyl/N-ethyl adjacent to an activating group) is 1. The summed E-state index contributed by atoms with van der Waals surface area (Å²) < 4.78 is 10.8. The summed E-state index contributed by atoms with van der Waals surface area (Å²) >= 11 is 4.87. The Labute approximate surface area is 131 Å². The van der Waals surface area contributed by atoms with E-state index < -0.39 is 0 Å². The molecule has 0 aliphatic heterocycles. The van der Waals surface area contributed by atoms with Crippen LogP contribution in [0.1, 0.15) is 19.4 Å². The van der Waals surface area contributed by atoms with E-state index >= 15 is 0 Å². The van der Waals surface area contributed by atoms with Gasteiger partial charge in [0.2, 0.25) is 0 Å². The predicted octanol–water partition coefficient (Wildman–Crippen LogP) is 1.58. The van der Waals surface area contributed by atoms with Crippen LogP contribution in [0.25, 0.3) is 0 Å². The van der Waals surface area contributed by atoms with Crippen LogP contribution < -0.4 is 10.5 Å². The number of nitrogens with zero attached hydrogens (tertiary/aromatic N) is 1. The molecule has 1 aromatic carbocycles. The van der Waals surface area contributed by atoms with E-state index in [0.29, 0.717) is 23.9 Å². The van der Waals surface area contributed by atoms with Gasteiger partial charge in [0.15, 0.2) is 6.61 Å². The predicted molar refractivity (Wildman–Crippen MR) is 86.5 cm³/mol. The van der Waals surface area contributed by atoms with Crippen molar-refractivity contribution in [1.29, 1.82) is 0 Å². The van der Waals surface area contributed by atoms with Gasteiger partial charge in [0.25, 0.3) is 5.91 Å². The number of hydrogen-bond acceptors (Lipinski definition) is 4. The van der Waals surface area contributed by atoms with Gasteiger partial charge in [-0.1, -0.05) is 12.2 Å². The maximum Gasteiger partial charge on any atom is 0.260 e. The Morgan fingerprint density at radius 1 is 1.33 bits per heavy atom. The van der Waals surface area contributed by atoms with Crippen LogP contribution in [0.15, 0.2) is 24.3 Å². The molecular formula is C15H22N2O3S.